The van der Waals surface area contributed by atoms with Gasteiger partial charge in [-0.05, 0) is 0 Å². The van der Waals surface area contributed by atoms with Crippen LogP contribution in [0.25, 0.3) is 0 Å². The van der Waals surface area contributed by atoms with E-state index in [9.17, 15) is 4.79 Å². The fourth-order valence-corrected chi connectivity index (χ4v) is 2.11. The normalized spacial score (nSPS) is 19.3. The Labute approximate surface area is 104 Å². The predicted molar refractivity (Wildman–Crippen MR) is 61.6 cm³/mol. The van der Waals surface area contributed by atoms with E-state index in [1.54, 1.807) is 0 Å². The van der Waals surface area contributed by atoms with E-state index in [0.29, 0.717) is 17.9 Å². The third kappa shape index (κ3) is 2.08. The maximum Gasteiger partial charge on any atom is 0.228 e. The summed E-state index contributed by atoms with van der Waals surface area (Å²) in [5, 5.41) is 31.0. The lowest BCUT2D eigenvalue weighted by molar-refractivity contribution is -0.117. The van der Waals surface area contributed by atoms with Gasteiger partial charge in [-0.3, -0.25) is 9.69 Å². The van der Waals surface area contributed by atoms with E-state index in [4.69, 9.17) is 15.5 Å². The number of aliphatic hydroxyl groups excluding tert-OH is 2. The molecule has 0 aromatic carbocycles. The zero-order valence-corrected chi connectivity index (χ0v) is 9.78. The van der Waals surface area contributed by atoms with Gasteiger partial charge in [0.2, 0.25) is 5.91 Å². The zero-order valence-electron chi connectivity index (χ0n) is 9.78. The van der Waals surface area contributed by atoms with Crippen molar-refractivity contribution >= 4 is 11.7 Å². The van der Waals surface area contributed by atoms with Crippen LogP contribution >= 0.6 is 0 Å². The van der Waals surface area contributed by atoms with E-state index in [2.05, 4.69) is 5.10 Å². The van der Waals surface area contributed by atoms with Crippen LogP contribution in [0.15, 0.2) is 6.20 Å². The molecule has 1 aliphatic rings. The van der Waals surface area contributed by atoms with Gasteiger partial charge < -0.3 is 10.2 Å². The second-order valence-corrected chi connectivity index (χ2v) is 4.20. The van der Waals surface area contributed by atoms with Gasteiger partial charge >= 0.3 is 0 Å². The summed E-state index contributed by atoms with van der Waals surface area (Å²) < 4.78 is 1.44. The van der Waals surface area contributed by atoms with E-state index >= 15 is 0 Å². The van der Waals surface area contributed by atoms with Gasteiger partial charge in [0.05, 0.1) is 19.3 Å². The summed E-state index contributed by atoms with van der Waals surface area (Å²) in [5.41, 5.74) is 0.301. The summed E-state index contributed by atoms with van der Waals surface area (Å²) in [5.74, 6) is 0.166. The molecule has 2 heterocycles. The number of carbonyl (C=O) groups excluding carboxylic acids is 1. The van der Waals surface area contributed by atoms with Crippen molar-refractivity contribution in [2.24, 2.45) is 5.92 Å². The third-order valence-electron chi connectivity index (χ3n) is 2.96. The van der Waals surface area contributed by atoms with E-state index in [-0.39, 0.29) is 38.0 Å². The van der Waals surface area contributed by atoms with Crippen LogP contribution in [0.5, 0.6) is 0 Å². The fraction of sp³-hybridized carbons (Fsp3) is 0.545. The molecule has 96 valence electrons. The highest BCUT2D eigenvalue weighted by atomic mass is 16.3. The molecule has 1 amide bonds. The summed E-state index contributed by atoms with van der Waals surface area (Å²) in [7, 11) is 0. The van der Waals surface area contributed by atoms with E-state index in [1.165, 1.54) is 15.8 Å². The Morgan fingerprint density at radius 1 is 1.56 bits per heavy atom. The van der Waals surface area contributed by atoms with Gasteiger partial charge in [0, 0.05) is 25.5 Å². The zero-order chi connectivity index (χ0) is 13.1. The number of amides is 1. The van der Waals surface area contributed by atoms with Crippen molar-refractivity contribution in [2.75, 3.05) is 24.7 Å². The van der Waals surface area contributed by atoms with Crippen LogP contribution in [0.2, 0.25) is 0 Å². The summed E-state index contributed by atoms with van der Waals surface area (Å²) in [6, 6.07) is 1.98. The number of hydrogen-bond acceptors (Lipinski definition) is 5. The van der Waals surface area contributed by atoms with Crippen LogP contribution in [-0.4, -0.2) is 45.7 Å². The van der Waals surface area contributed by atoms with Crippen LogP contribution < -0.4 is 4.90 Å². The molecule has 2 N–H and O–H groups in total. The van der Waals surface area contributed by atoms with Crippen LogP contribution in [0.1, 0.15) is 12.0 Å². The van der Waals surface area contributed by atoms with Crippen LogP contribution in [0.3, 0.4) is 0 Å². The van der Waals surface area contributed by atoms with Crippen LogP contribution in [0.4, 0.5) is 5.82 Å². The summed E-state index contributed by atoms with van der Waals surface area (Å²) in [6.07, 6.45) is 1.65. The summed E-state index contributed by atoms with van der Waals surface area (Å²) >= 11 is 0. The Bertz CT molecular complexity index is 491. The molecule has 1 aromatic heterocycles. The topological polar surface area (TPSA) is 102 Å². The number of rotatable bonds is 4. The molecule has 0 radical (unpaired) electrons. The number of anilines is 1. The Morgan fingerprint density at radius 3 is 2.89 bits per heavy atom. The number of nitrogens with zero attached hydrogens (tertiary/aromatic N) is 4. The first-order valence-corrected chi connectivity index (χ1v) is 5.69. The third-order valence-corrected chi connectivity index (χ3v) is 2.96. The van der Waals surface area contributed by atoms with Crippen LogP contribution in [0, 0.1) is 17.2 Å². The Balaban J connectivity index is 2.35. The Kier molecular flexibility index (Phi) is 3.60. The van der Waals surface area contributed by atoms with Crippen molar-refractivity contribution in [2.45, 2.75) is 13.0 Å². The molecule has 7 nitrogen and oxygen atoms in total. The number of carbonyl (C=O) groups is 1. The lowest BCUT2D eigenvalue weighted by Crippen LogP contribution is -2.28. The maximum atomic E-state index is 11.9. The van der Waals surface area contributed by atoms with Crippen molar-refractivity contribution < 1.29 is 15.0 Å². The molecule has 1 fully saturated rings. The lowest BCUT2D eigenvalue weighted by atomic mass is 10.1. The minimum Gasteiger partial charge on any atom is -0.396 e. The molecular formula is C11H14N4O3. The minimum absolute atomic E-state index is 0.0573. The van der Waals surface area contributed by atoms with Gasteiger partial charge in [-0.1, -0.05) is 0 Å². The molecule has 18 heavy (non-hydrogen) atoms. The van der Waals surface area contributed by atoms with Gasteiger partial charge in [-0.25, -0.2) is 4.68 Å². The first kappa shape index (κ1) is 12.5. The first-order valence-electron chi connectivity index (χ1n) is 5.69. The molecular weight excluding hydrogens is 236 g/mol. The largest absolute Gasteiger partial charge is 0.396 e. The highest BCUT2D eigenvalue weighted by Crippen LogP contribution is 2.27. The Morgan fingerprint density at radius 2 is 2.33 bits per heavy atom. The molecule has 1 aliphatic heterocycles. The second kappa shape index (κ2) is 5.16. The van der Waals surface area contributed by atoms with Gasteiger partial charge in [0.25, 0.3) is 0 Å². The average molecular weight is 250 g/mol. The molecule has 0 bridgehead atoms. The Hall–Kier alpha value is -1.91. The van der Waals surface area contributed by atoms with Crippen molar-refractivity contribution in [1.29, 1.82) is 5.26 Å². The standard InChI is InChI=1S/C11H14N4O3/c12-4-9-5-13-15(1-2-16)11(9)14-6-8(7-17)3-10(14)18/h5,8,16-17H,1-3,6-7H2. The quantitative estimate of drug-likeness (QED) is 0.720. The van der Waals surface area contributed by atoms with Crippen molar-refractivity contribution in [3.05, 3.63) is 11.8 Å². The summed E-state index contributed by atoms with van der Waals surface area (Å²) in [6.45, 7) is 0.426. The molecule has 7 heteroatoms. The SMILES string of the molecule is N#Cc1cnn(CCO)c1N1CC(CO)CC1=O. The van der Waals surface area contributed by atoms with Crippen molar-refractivity contribution in [1.82, 2.24) is 9.78 Å². The van der Waals surface area contributed by atoms with E-state index in [1.807, 2.05) is 6.07 Å². The van der Waals surface area contributed by atoms with E-state index in [0.717, 1.165) is 0 Å². The molecule has 0 aliphatic carbocycles. The molecule has 1 unspecified atom stereocenters. The van der Waals surface area contributed by atoms with Gasteiger partial charge in [-0.15, -0.1) is 0 Å². The number of nitriles is 1. The fourth-order valence-electron chi connectivity index (χ4n) is 2.11. The van der Waals surface area contributed by atoms with E-state index < -0.39 is 0 Å². The predicted octanol–water partition coefficient (Wildman–Crippen LogP) is -0.908. The highest BCUT2D eigenvalue weighted by Gasteiger charge is 2.33. The molecule has 1 saturated heterocycles. The molecule has 1 aromatic rings. The second-order valence-electron chi connectivity index (χ2n) is 4.20. The van der Waals surface area contributed by atoms with Gasteiger partial charge in [0.15, 0.2) is 5.82 Å². The molecule has 0 saturated carbocycles. The minimum atomic E-state index is -0.134. The average Bonchev–Trinajstić information content (AvgIpc) is 2.92. The molecule has 2 rings (SSSR count). The smallest absolute Gasteiger partial charge is 0.228 e. The van der Waals surface area contributed by atoms with Gasteiger partial charge in [-0.2, -0.15) is 10.4 Å². The van der Waals surface area contributed by atoms with Gasteiger partial charge in [0.1, 0.15) is 11.6 Å². The number of hydrogen-bond donors (Lipinski definition) is 2. The maximum absolute atomic E-state index is 11.9. The first-order chi connectivity index (χ1) is 8.71. The number of aromatic nitrogens is 2. The lowest BCUT2D eigenvalue weighted by Gasteiger charge is -2.18. The van der Waals surface area contributed by atoms with Crippen LogP contribution in [-0.2, 0) is 11.3 Å². The highest BCUT2D eigenvalue weighted by molar-refractivity contribution is 5.96. The van der Waals surface area contributed by atoms with Crippen molar-refractivity contribution in [3.63, 3.8) is 0 Å². The summed E-state index contributed by atoms with van der Waals surface area (Å²) in [4.78, 5) is 13.3. The monoisotopic (exact) mass is 250 g/mol. The molecule has 1 atom stereocenters. The van der Waals surface area contributed by atoms with Crippen molar-refractivity contribution in [3.8, 4) is 6.07 Å². The number of aliphatic hydroxyl groups is 2. The molecule has 0 spiro atoms.